The fraction of sp³-hybridized carbons (Fsp3) is 0.316. The first-order valence-electron chi connectivity index (χ1n) is 9.18. The highest BCUT2D eigenvalue weighted by atomic mass is 32.2. The number of hydrogen-bond donors (Lipinski definition) is 1. The molecule has 4 rings (SSSR count). The molecule has 0 aliphatic carbocycles. The third-order valence-electron chi connectivity index (χ3n) is 5.24. The summed E-state index contributed by atoms with van der Waals surface area (Å²) in [6.45, 7) is 1.37. The van der Waals surface area contributed by atoms with E-state index in [-0.39, 0.29) is 16.4 Å². The summed E-state index contributed by atoms with van der Waals surface area (Å²) in [6.07, 6.45) is 3.61. The number of benzene rings is 1. The van der Waals surface area contributed by atoms with E-state index >= 15 is 0 Å². The van der Waals surface area contributed by atoms with Gasteiger partial charge in [0.15, 0.2) is 5.65 Å². The molecule has 0 unspecified atom stereocenters. The lowest BCUT2D eigenvalue weighted by atomic mass is 9.95. The van der Waals surface area contributed by atoms with E-state index in [2.05, 4.69) is 15.1 Å². The molecular formula is C19H21N5O4S. The zero-order chi connectivity index (χ0) is 20.6. The van der Waals surface area contributed by atoms with Gasteiger partial charge in [-0.15, -0.1) is 10.2 Å². The van der Waals surface area contributed by atoms with Gasteiger partial charge in [0.25, 0.3) is 0 Å². The topological polar surface area (TPSA) is 120 Å². The minimum absolute atomic E-state index is 0.119. The zero-order valence-electron chi connectivity index (χ0n) is 15.9. The van der Waals surface area contributed by atoms with Crippen LogP contribution in [0.25, 0.3) is 5.65 Å². The molecule has 0 amide bonds. The van der Waals surface area contributed by atoms with Gasteiger partial charge in [0.2, 0.25) is 10.0 Å². The second-order valence-corrected chi connectivity index (χ2v) is 8.53. The maximum Gasteiger partial charge on any atom is 0.340 e. The fourth-order valence-corrected chi connectivity index (χ4v) is 4.30. The van der Waals surface area contributed by atoms with Crippen molar-refractivity contribution in [3.63, 3.8) is 0 Å². The number of sulfonamides is 1. The smallest absolute Gasteiger partial charge is 0.340 e. The summed E-state index contributed by atoms with van der Waals surface area (Å²) in [7, 11) is -2.66. The van der Waals surface area contributed by atoms with Crippen molar-refractivity contribution in [1.29, 1.82) is 0 Å². The summed E-state index contributed by atoms with van der Waals surface area (Å²) in [6, 6.07) is 10.1. The van der Waals surface area contributed by atoms with Crippen LogP contribution in [0.15, 0.2) is 47.5 Å². The van der Waals surface area contributed by atoms with Crippen molar-refractivity contribution in [3.8, 4) is 0 Å². The lowest BCUT2D eigenvalue weighted by Crippen LogP contribution is -2.34. The van der Waals surface area contributed by atoms with Gasteiger partial charge < -0.3 is 9.64 Å². The highest BCUT2D eigenvalue weighted by molar-refractivity contribution is 7.89. The Morgan fingerprint density at radius 1 is 1.17 bits per heavy atom. The molecule has 1 aromatic carbocycles. The molecule has 10 heteroatoms. The number of pyridine rings is 1. The first-order chi connectivity index (χ1) is 13.9. The summed E-state index contributed by atoms with van der Waals surface area (Å²) in [4.78, 5) is 14.2. The number of piperidine rings is 1. The SMILES string of the molecule is COC(=O)c1cc(S(N)(=O)=O)ccc1N1CCC(c2nnc3ccccn23)CC1. The molecule has 0 saturated carbocycles. The quantitative estimate of drug-likeness (QED) is 0.642. The molecule has 2 aromatic heterocycles. The van der Waals surface area contributed by atoms with Crippen LogP contribution in [0.4, 0.5) is 5.69 Å². The highest BCUT2D eigenvalue weighted by Gasteiger charge is 2.27. The van der Waals surface area contributed by atoms with E-state index in [0.717, 1.165) is 24.3 Å². The van der Waals surface area contributed by atoms with E-state index in [0.29, 0.717) is 18.8 Å². The lowest BCUT2D eigenvalue weighted by molar-refractivity contribution is 0.0601. The van der Waals surface area contributed by atoms with Crippen molar-refractivity contribution in [1.82, 2.24) is 14.6 Å². The number of carbonyl (C=O) groups is 1. The number of anilines is 1. The minimum atomic E-state index is -3.92. The monoisotopic (exact) mass is 415 g/mol. The third kappa shape index (κ3) is 3.68. The van der Waals surface area contributed by atoms with Crippen LogP contribution in [0, 0.1) is 0 Å². The third-order valence-corrected chi connectivity index (χ3v) is 6.15. The van der Waals surface area contributed by atoms with E-state index in [4.69, 9.17) is 9.88 Å². The average Bonchev–Trinajstić information content (AvgIpc) is 3.16. The van der Waals surface area contributed by atoms with Gasteiger partial charge in [-0.2, -0.15) is 0 Å². The number of hydrogen-bond acceptors (Lipinski definition) is 7. The van der Waals surface area contributed by atoms with Crippen LogP contribution in [-0.2, 0) is 14.8 Å². The number of fused-ring (bicyclic) bond motifs is 1. The number of nitrogens with zero attached hydrogens (tertiary/aromatic N) is 4. The Bertz CT molecular complexity index is 1170. The number of nitrogens with two attached hydrogens (primary N) is 1. The van der Waals surface area contributed by atoms with Crippen molar-refractivity contribution in [2.75, 3.05) is 25.1 Å². The summed E-state index contributed by atoms with van der Waals surface area (Å²) in [5.41, 5.74) is 1.63. The van der Waals surface area contributed by atoms with Crippen molar-refractivity contribution >= 4 is 27.3 Å². The summed E-state index contributed by atoms with van der Waals surface area (Å²) >= 11 is 0. The Labute approximate surface area is 168 Å². The summed E-state index contributed by atoms with van der Waals surface area (Å²) in [5, 5.41) is 13.8. The Hall–Kier alpha value is -2.98. The molecule has 3 heterocycles. The maximum atomic E-state index is 12.2. The van der Waals surface area contributed by atoms with E-state index in [9.17, 15) is 13.2 Å². The normalized spacial score (nSPS) is 15.6. The van der Waals surface area contributed by atoms with Gasteiger partial charge in [0, 0.05) is 25.2 Å². The van der Waals surface area contributed by atoms with Crippen LogP contribution in [0.5, 0.6) is 0 Å². The maximum absolute atomic E-state index is 12.2. The molecular weight excluding hydrogens is 394 g/mol. The zero-order valence-corrected chi connectivity index (χ0v) is 16.7. The summed E-state index contributed by atoms with van der Waals surface area (Å²) in [5.74, 6) is 0.572. The van der Waals surface area contributed by atoms with Crippen molar-refractivity contribution in [2.24, 2.45) is 5.14 Å². The molecule has 3 aromatic rings. The number of aromatic nitrogens is 3. The van der Waals surface area contributed by atoms with E-state index in [1.807, 2.05) is 28.8 Å². The number of rotatable bonds is 4. The van der Waals surface area contributed by atoms with Gasteiger partial charge in [0.1, 0.15) is 5.82 Å². The number of carbonyl (C=O) groups excluding carboxylic acids is 1. The molecule has 0 bridgehead atoms. The summed E-state index contributed by atoms with van der Waals surface area (Å²) < 4.78 is 30.2. The molecule has 29 heavy (non-hydrogen) atoms. The molecule has 1 aliphatic rings. The van der Waals surface area contributed by atoms with Gasteiger partial charge in [-0.3, -0.25) is 4.40 Å². The van der Waals surface area contributed by atoms with Gasteiger partial charge in [0.05, 0.1) is 23.3 Å². The second-order valence-electron chi connectivity index (χ2n) is 6.96. The largest absolute Gasteiger partial charge is 0.465 e. The first-order valence-corrected chi connectivity index (χ1v) is 10.7. The fourth-order valence-electron chi connectivity index (χ4n) is 3.76. The predicted octanol–water partition coefficient (Wildman–Crippen LogP) is 1.55. The number of primary sulfonamides is 1. The molecule has 0 radical (unpaired) electrons. The van der Waals surface area contributed by atoms with Crippen LogP contribution in [-0.4, -0.2) is 49.2 Å². The molecule has 1 saturated heterocycles. The van der Waals surface area contributed by atoms with Crippen LogP contribution in [0.3, 0.4) is 0 Å². The van der Waals surface area contributed by atoms with Gasteiger partial charge in [-0.25, -0.2) is 18.4 Å². The van der Waals surface area contributed by atoms with Gasteiger partial charge in [-0.05, 0) is 43.2 Å². The average molecular weight is 415 g/mol. The standard InChI is InChI=1S/C19H21N5O4S/c1-28-19(25)15-12-14(29(20,26)27)5-6-16(15)23-10-7-13(8-11-23)18-22-21-17-4-2-3-9-24(17)18/h2-6,9,12-13H,7-8,10-11H2,1H3,(H2,20,26,27). The second kappa shape index (κ2) is 7.45. The van der Waals surface area contributed by atoms with Crippen molar-refractivity contribution in [2.45, 2.75) is 23.7 Å². The molecule has 1 fully saturated rings. The van der Waals surface area contributed by atoms with Gasteiger partial charge in [-0.1, -0.05) is 6.07 Å². The Morgan fingerprint density at radius 2 is 1.93 bits per heavy atom. The van der Waals surface area contributed by atoms with Crippen LogP contribution < -0.4 is 10.0 Å². The predicted molar refractivity (Wildman–Crippen MR) is 106 cm³/mol. The number of esters is 1. The van der Waals surface area contributed by atoms with Crippen LogP contribution in [0.1, 0.15) is 34.9 Å². The van der Waals surface area contributed by atoms with E-state index in [1.54, 1.807) is 6.07 Å². The Morgan fingerprint density at radius 3 is 2.62 bits per heavy atom. The molecule has 9 nitrogen and oxygen atoms in total. The molecule has 0 atom stereocenters. The molecule has 152 valence electrons. The van der Waals surface area contributed by atoms with Gasteiger partial charge >= 0.3 is 5.97 Å². The molecule has 2 N–H and O–H groups in total. The lowest BCUT2D eigenvalue weighted by Gasteiger charge is -2.34. The molecule has 1 aliphatic heterocycles. The highest BCUT2D eigenvalue weighted by Crippen LogP contribution is 2.32. The Balaban J connectivity index is 1.59. The van der Waals surface area contributed by atoms with Crippen LogP contribution >= 0.6 is 0 Å². The van der Waals surface area contributed by atoms with Crippen molar-refractivity contribution < 1.29 is 17.9 Å². The minimum Gasteiger partial charge on any atom is -0.465 e. The van der Waals surface area contributed by atoms with Crippen molar-refractivity contribution in [3.05, 3.63) is 54.0 Å². The van der Waals surface area contributed by atoms with E-state index in [1.165, 1.54) is 19.2 Å². The number of ether oxygens (including phenoxy) is 1. The molecule has 0 spiro atoms. The number of methoxy groups -OCH3 is 1. The van der Waals surface area contributed by atoms with E-state index < -0.39 is 16.0 Å². The Kier molecular flexibility index (Phi) is 4.97. The first kappa shape index (κ1) is 19.3. The van der Waals surface area contributed by atoms with Crippen LogP contribution in [0.2, 0.25) is 0 Å².